The van der Waals surface area contributed by atoms with E-state index in [9.17, 15) is 0 Å². The Labute approximate surface area is 109 Å². The van der Waals surface area contributed by atoms with Gasteiger partial charge in [0, 0.05) is 30.5 Å². The molecule has 6 heteroatoms. The zero-order chi connectivity index (χ0) is 12.4. The average molecular weight is 261 g/mol. The number of aromatic nitrogens is 4. The summed E-state index contributed by atoms with van der Waals surface area (Å²) in [6, 6.07) is 0. The Morgan fingerprint density at radius 2 is 2.28 bits per heavy atom. The Bertz CT molecular complexity index is 607. The van der Waals surface area contributed by atoms with Crippen LogP contribution in [0.2, 0.25) is 0 Å². The molecule has 0 radical (unpaired) electrons. The summed E-state index contributed by atoms with van der Waals surface area (Å²) in [5.41, 5.74) is 2.13. The lowest BCUT2D eigenvalue weighted by Gasteiger charge is -1.97. The Balaban J connectivity index is 1.72. The first-order valence-corrected chi connectivity index (χ1v) is 6.85. The molecule has 5 nitrogen and oxygen atoms in total. The third kappa shape index (κ3) is 2.30. The Kier molecular flexibility index (Phi) is 3.12. The van der Waals surface area contributed by atoms with Gasteiger partial charge in [-0.3, -0.25) is 4.40 Å². The zero-order valence-corrected chi connectivity index (χ0v) is 11.0. The van der Waals surface area contributed by atoms with Gasteiger partial charge in [-0.15, -0.1) is 11.3 Å². The summed E-state index contributed by atoms with van der Waals surface area (Å²) in [5, 5.41) is 5.30. The maximum Gasteiger partial charge on any atom is 0.193 e. The summed E-state index contributed by atoms with van der Waals surface area (Å²) in [5.74, 6) is 0. The molecule has 3 heterocycles. The zero-order valence-electron chi connectivity index (χ0n) is 10.2. The number of fused-ring (bicyclic) bond motifs is 1. The van der Waals surface area contributed by atoms with Crippen LogP contribution < -0.4 is 5.32 Å². The van der Waals surface area contributed by atoms with Gasteiger partial charge >= 0.3 is 0 Å². The molecule has 3 rings (SSSR count). The minimum absolute atomic E-state index is 0.771. The van der Waals surface area contributed by atoms with Crippen molar-refractivity contribution in [1.29, 1.82) is 0 Å². The van der Waals surface area contributed by atoms with E-state index < -0.39 is 0 Å². The number of hydrogen-bond acceptors (Lipinski definition) is 4. The molecule has 0 aliphatic rings. The van der Waals surface area contributed by atoms with Crippen molar-refractivity contribution in [2.45, 2.75) is 20.0 Å². The maximum atomic E-state index is 4.56. The molecule has 0 unspecified atom stereocenters. The summed E-state index contributed by atoms with van der Waals surface area (Å²) in [7, 11) is 0. The molecule has 0 bridgehead atoms. The summed E-state index contributed by atoms with van der Waals surface area (Å²) in [6.07, 6.45) is 8.02. The molecule has 0 aliphatic carbocycles. The molecular formula is C12H15N5S. The number of rotatable bonds is 5. The van der Waals surface area contributed by atoms with Crippen LogP contribution in [-0.2, 0) is 13.1 Å². The topological polar surface area (TPSA) is 47.2 Å². The van der Waals surface area contributed by atoms with Gasteiger partial charge in [0.2, 0.25) is 0 Å². The maximum absolute atomic E-state index is 4.56. The van der Waals surface area contributed by atoms with Crippen molar-refractivity contribution in [1.82, 2.24) is 24.3 Å². The van der Waals surface area contributed by atoms with E-state index in [2.05, 4.69) is 43.6 Å². The van der Waals surface area contributed by atoms with E-state index in [0.29, 0.717) is 0 Å². The first kappa shape index (κ1) is 11.4. The SMILES string of the molecule is CCNCc1cn(Cc2cn3ccsc3n2)cn1. The molecule has 94 valence electrons. The smallest absolute Gasteiger partial charge is 0.193 e. The molecule has 0 amide bonds. The van der Waals surface area contributed by atoms with E-state index in [0.717, 1.165) is 36.0 Å². The number of nitrogens with zero attached hydrogens (tertiary/aromatic N) is 4. The number of nitrogens with one attached hydrogen (secondary N) is 1. The predicted molar refractivity (Wildman–Crippen MR) is 71.8 cm³/mol. The Hall–Kier alpha value is -1.66. The van der Waals surface area contributed by atoms with Crippen LogP contribution in [0.3, 0.4) is 0 Å². The molecular weight excluding hydrogens is 246 g/mol. The van der Waals surface area contributed by atoms with Gasteiger partial charge in [-0.2, -0.15) is 0 Å². The van der Waals surface area contributed by atoms with E-state index in [1.165, 1.54) is 0 Å². The molecule has 0 saturated carbocycles. The molecule has 0 saturated heterocycles. The molecule has 0 spiro atoms. The van der Waals surface area contributed by atoms with Crippen molar-refractivity contribution in [2.75, 3.05) is 6.54 Å². The minimum Gasteiger partial charge on any atom is -0.331 e. The lowest BCUT2D eigenvalue weighted by Crippen LogP contribution is -2.11. The van der Waals surface area contributed by atoms with Crippen molar-refractivity contribution >= 4 is 16.3 Å². The summed E-state index contributed by atoms with van der Waals surface area (Å²) in [4.78, 5) is 9.96. The molecule has 0 atom stereocenters. The lowest BCUT2D eigenvalue weighted by atomic mass is 10.4. The molecule has 0 aromatic carbocycles. The average Bonchev–Trinajstić information content (AvgIpc) is 3.02. The van der Waals surface area contributed by atoms with Crippen molar-refractivity contribution in [3.63, 3.8) is 0 Å². The second kappa shape index (κ2) is 4.91. The largest absolute Gasteiger partial charge is 0.331 e. The molecule has 18 heavy (non-hydrogen) atoms. The van der Waals surface area contributed by atoms with Gasteiger partial charge in [0.25, 0.3) is 0 Å². The van der Waals surface area contributed by atoms with Crippen LogP contribution in [0.1, 0.15) is 18.3 Å². The highest BCUT2D eigenvalue weighted by molar-refractivity contribution is 7.15. The number of hydrogen-bond donors (Lipinski definition) is 1. The third-order valence-corrected chi connectivity index (χ3v) is 3.50. The Morgan fingerprint density at radius 3 is 3.11 bits per heavy atom. The van der Waals surface area contributed by atoms with Crippen molar-refractivity contribution in [3.05, 3.63) is 41.7 Å². The quantitative estimate of drug-likeness (QED) is 0.761. The summed E-state index contributed by atoms with van der Waals surface area (Å²) in [6.45, 7) is 4.65. The van der Waals surface area contributed by atoms with Crippen LogP contribution in [0.15, 0.2) is 30.3 Å². The van der Waals surface area contributed by atoms with Crippen LogP contribution in [0.4, 0.5) is 0 Å². The highest BCUT2D eigenvalue weighted by Crippen LogP contribution is 2.12. The standard InChI is InChI=1S/C12H15N5S/c1-2-13-5-10-6-16(9-14-10)7-11-8-17-3-4-18-12(17)15-11/h3-4,6,8-9,13H,2,5,7H2,1H3. The molecule has 3 aromatic heterocycles. The summed E-state index contributed by atoms with van der Waals surface area (Å²) < 4.78 is 4.12. The first-order chi connectivity index (χ1) is 8.85. The fourth-order valence-corrected chi connectivity index (χ4v) is 2.60. The highest BCUT2D eigenvalue weighted by atomic mass is 32.1. The normalized spacial score (nSPS) is 11.4. The van der Waals surface area contributed by atoms with Crippen LogP contribution in [0.25, 0.3) is 4.96 Å². The second-order valence-electron chi connectivity index (χ2n) is 4.14. The van der Waals surface area contributed by atoms with E-state index in [4.69, 9.17) is 0 Å². The molecule has 0 aliphatic heterocycles. The minimum atomic E-state index is 0.771. The van der Waals surface area contributed by atoms with Gasteiger partial charge in [-0.25, -0.2) is 9.97 Å². The van der Waals surface area contributed by atoms with Crippen LogP contribution >= 0.6 is 11.3 Å². The van der Waals surface area contributed by atoms with E-state index >= 15 is 0 Å². The van der Waals surface area contributed by atoms with Gasteiger partial charge < -0.3 is 9.88 Å². The van der Waals surface area contributed by atoms with E-state index in [1.54, 1.807) is 11.3 Å². The monoisotopic (exact) mass is 261 g/mol. The van der Waals surface area contributed by atoms with Gasteiger partial charge in [0.05, 0.1) is 24.3 Å². The van der Waals surface area contributed by atoms with Crippen molar-refractivity contribution < 1.29 is 0 Å². The molecule has 1 N–H and O–H groups in total. The van der Waals surface area contributed by atoms with Crippen molar-refractivity contribution in [3.8, 4) is 0 Å². The summed E-state index contributed by atoms with van der Waals surface area (Å²) >= 11 is 1.65. The van der Waals surface area contributed by atoms with Crippen molar-refractivity contribution in [2.24, 2.45) is 0 Å². The lowest BCUT2D eigenvalue weighted by molar-refractivity contribution is 0.711. The van der Waals surface area contributed by atoms with Crippen LogP contribution in [0, 0.1) is 0 Å². The Morgan fingerprint density at radius 1 is 1.33 bits per heavy atom. The number of imidazole rings is 2. The van der Waals surface area contributed by atoms with Gasteiger partial charge in [-0.1, -0.05) is 6.92 Å². The van der Waals surface area contributed by atoms with Gasteiger partial charge in [-0.05, 0) is 6.54 Å². The third-order valence-electron chi connectivity index (χ3n) is 2.73. The van der Waals surface area contributed by atoms with E-state index in [1.807, 2.05) is 17.9 Å². The fourth-order valence-electron chi connectivity index (χ4n) is 1.88. The van der Waals surface area contributed by atoms with Crippen LogP contribution in [0.5, 0.6) is 0 Å². The van der Waals surface area contributed by atoms with Crippen LogP contribution in [-0.4, -0.2) is 25.5 Å². The van der Waals surface area contributed by atoms with Gasteiger partial charge in [0.1, 0.15) is 0 Å². The highest BCUT2D eigenvalue weighted by Gasteiger charge is 2.04. The predicted octanol–water partition coefficient (Wildman–Crippen LogP) is 1.75. The number of thiazole rings is 1. The molecule has 3 aromatic rings. The van der Waals surface area contributed by atoms with Gasteiger partial charge in [0.15, 0.2) is 4.96 Å². The first-order valence-electron chi connectivity index (χ1n) is 5.97. The molecule has 0 fully saturated rings. The second-order valence-corrected chi connectivity index (χ2v) is 5.02. The van der Waals surface area contributed by atoms with E-state index in [-0.39, 0.29) is 0 Å². The fraction of sp³-hybridized carbons (Fsp3) is 0.333.